The molecule has 0 spiro atoms. The molecule has 0 fully saturated rings. The van der Waals surface area contributed by atoms with Crippen LogP contribution in [0.2, 0.25) is 0 Å². The van der Waals surface area contributed by atoms with E-state index in [2.05, 4.69) is 16.4 Å². The molecule has 0 saturated carbocycles. The Morgan fingerprint density at radius 2 is 2.00 bits per heavy atom. The van der Waals surface area contributed by atoms with E-state index in [4.69, 9.17) is 5.11 Å². The Bertz CT molecular complexity index is 604. The van der Waals surface area contributed by atoms with Crippen molar-refractivity contribution >= 4 is 22.8 Å². The first kappa shape index (κ1) is 14.1. The molecule has 1 heterocycles. The Morgan fingerprint density at radius 3 is 2.80 bits per heavy atom. The summed E-state index contributed by atoms with van der Waals surface area (Å²) in [5, 5.41) is 12.5. The van der Waals surface area contributed by atoms with Crippen molar-refractivity contribution in [2.45, 2.75) is 25.7 Å². The van der Waals surface area contributed by atoms with Crippen molar-refractivity contribution in [2.75, 3.05) is 6.54 Å². The summed E-state index contributed by atoms with van der Waals surface area (Å²) >= 11 is 0. The number of amides is 1. The summed E-state index contributed by atoms with van der Waals surface area (Å²) in [5.41, 5.74) is 2.27. The Balaban J connectivity index is 1.75. The second-order valence-corrected chi connectivity index (χ2v) is 4.71. The highest BCUT2D eigenvalue weighted by atomic mass is 16.4. The summed E-state index contributed by atoms with van der Waals surface area (Å²) in [5.74, 6) is -0.956. The first-order valence-corrected chi connectivity index (χ1v) is 6.70. The number of nitrogens with one attached hydrogen (secondary N) is 2. The minimum atomic E-state index is -0.864. The number of carbonyl (C=O) groups excluding carboxylic acids is 1. The highest BCUT2D eigenvalue weighted by molar-refractivity contribution is 5.83. The predicted octanol–water partition coefficient (Wildman–Crippen LogP) is 2.08. The zero-order valence-electron chi connectivity index (χ0n) is 11.2. The number of para-hydroxylation sites is 1. The number of fused-ring (bicyclic) bond motifs is 1. The maximum atomic E-state index is 11.5. The molecule has 0 bridgehead atoms. The topological polar surface area (TPSA) is 82.2 Å². The Hall–Kier alpha value is -2.30. The zero-order valence-corrected chi connectivity index (χ0v) is 11.2. The van der Waals surface area contributed by atoms with Crippen LogP contribution in [0.3, 0.4) is 0 Å². The fourth-order valence-corrected chi connectivity index (χ4v) is 2.16. The third-order valence-corrected chi connectivity index (χ3v) is 3.19. The molecule has 0 saturated heterocycles. The normalized spacial score (nSPS) is 10.6. The molecule has 1 amide bonds. The summed E-state index contributed by atoms with van der Waals surface area (Å²) in [6.45, 7) is 0.563. The maximum Gasteiger partial charge on any atom is 0.303 e. The molecule has 1 aromatic carbocycles. The number of carboxylic acids is 1. The van der Waals surface area contributed by atoms with E-state index < -0.39 is 5.97 Å². The fourth-order valence-electron chi connectivity index (χ4n) is 2.16. The van der Waals surface area contributed by atoms with Crippen LogP contribution in [0.15, 0.2) is 30.5 Å². The summed E-state index contributed by atoms with van der Waals surface area (Å²) in [6.07, 6.45) is 3.40. The van der Waals surface area contributed by atoms with Crippen LogP contribution in [0.4, 0.5) is 0 Å². The van der Waals surface area contributed by atoms with E-state index in [-0.39, 0.29) is 18.7 Å². The molecule has 106 valence electrons. The van der Waals surface area contributed by atoms with Crippen molar-refractivity contribution in [3.05, 3.63) is 36.0 Å². The van der Waals surface area contributed by atoms with Crippen molar-refractivity contribution in [3.63, 3.8) is 0 Å². The Kier molecular flexibility index (Phi) is 4.76. The lowest BCUT2D eigenvalue weighted by Gasteiger charge is -2.04. The van der Waals surface area contributed by atoms with Crippen molar-refractivity contribution in [2.24, 2.45) is 0 Å². The molecule has 0 unspecified atom stereocenters. The monoisotopic (exact) mass is 274 g/mol. The molecule has 2 aromatic rings. The number of H-pyrrole nitrogens is 1. The standard InChI is InChI=1S/C15H18N2O3/c18-14(6-3-7-15(19)20)16-9-8-11-10-17-13-5-2-1-4-12(11)13/h1-2,4-5,10,17H,3,6-9H2,(H,16,18)(H,19,20). The van der Waals surface area contributed by atoms with Crippen LogP contribution in [0, 0.1) is 0 Å². The van der Waals surface area contributed by atoms with E-state index in [1.165, 1.54) is 10.9 Å². The van der Waals surface area contributed by atoms with E-state index in [0.717, 1.165) is 11.9 Å². The van der Waals surface area contributed by atoms with Crippen LogP contribution in [0.1, 0.15) is 24.8 Å². The van der Waals surface area contributed by atoms with E-state index >= 15 is 0 Å². The van der Waals surface area contributed by atoms with Crippen molar-refractivity contribution in [3.8, 4) is 0 Å². The van der Waals surface area contributed by atoms with Gasteiger partial charge in [-0.3, -0.25) is 9.59 Å². The van der Waals surface area contributed by atoms with Gasteiger partial charge in [-0.1, -0.05) is 18.2 Å². The zero-order chi connectivity index (χ0) is 14.4. The summed E-state index contributed by atoms with van der Waals surface area (Å²) in [6, 6.07) is 8.04. The second kappa shape index (κ2) is 6.75. The molecule has 0 aliphatic heterocycles. The fraction of sp³-hybridized carbons (Fsp3) is 0.333. The van der Waals surface area contributed by atoms with E-state index in [0.29, 0.717) is 13.0 Å². The van der Waals surface area contributed by atoms with Gasteiger partial charge in [0.25, 0.3) is 0 Å². The van der Waals surface area contributed by atoms with Gasteiger partial charge in [0.2, 0.25) is 5.91 Å². The van der Waals surface area contributed by atoms with Crippen molar-refractivity contribution < 1.29 is 14.7 Å². The molecule has 5 heteroatoms. The number of hydrogen-bond donors (Lipinski definition) is 3. The average Bonchev–Trinajstić information content (AvgIpc) is 2.82. The third kappa shape index (κ3) is 3.85. The lowest BCUT2D eigenvalue weighted by Crippen LogP contribution is -2.25. The second-order valence-electron chi connectivity index (χ2n) is 4.71. The molecule has 1 aromatic heterocycles. The van der Waals surface area contributed by atoms with Gasteiger partial charge in [0.1, 0.15) is 0 Å². The molecule has 0 radical (unpaired) electrons. The number of carboxylic acid groups (broad SMARTS) is 1. The Labute approximate surface area is 117 Å². The molecule has 2 rings (SSSR count). The number of carbonyl (C=O) groups is 2. The molecular formula is C15H18N2O3. The van der Waals surface area contributed by atoms with Gasteiger partial charge < -0.3 is 15.4 Å². The summed E-state index contributed by atoms with van der Waals surface area (Å²) in [7, 11) is 0. The van der Waals surface area contributed by atoms with E-state index in [9.17, 15) is 9.59 Å². The first-order valence-electron chi connectivity index (χ1n) is 6.70. The van der Waals surface area contributed by atoms with Crippen LogP contribution in [-0.4, -0.2) is 28.5 Å². The van der Waals surface area contributed by atoms with Crippen LogP contribution in [0.5, 0.6) is 0 Å². The molecule has 20 heavy (non-hydrogen) atoms. The van der Waals surface area contributed by atoms with E-state index in [1.807, 2.05) is 24.4 Å². The molecule has 0 aliphatic rings. The van der Waals surface area contributed by atoms with Gasteiger partial charge in [-0.25, -0.2) is 0 Å². The Morgan fingerprint density at radius 1 is 1.20 bits per heavy atom. The molecular weight excluding hydrogens is 256 g/mol. The minimum absolute atomic E-state index is 0.0376. The first-order chi connectivity index (χ1) is 9.66. The van der Waals surface area contributed by atoms with Gasteiger partial charge in [0, 0.05) is 36.5 Å². The minimum Gasteiger partial charge on any atom is -0.481 e. The molecule has 0 atom stereocenters. The summed E-state index contributed by atoms with van der Waals surface area (Å²) < 4.78 is 0. The van der Waals surface area contributed by atoms with Gasteiger partial charge in [0.15, 0.2) is 0 Å². The van der Waals surface area contributed by atoms with Gasteiger partial charge in [-0.15, -0.1) is 0 Å². The van der Waals surface area contributed by atoms with Gasteiger partial charge in [-0.05, 0) is 24.5 Å². The number of hydrogen-bond acceptors (Lipinski definition) is 2. The maximum absolute atomic E-state index is 11.5. The number of rotatable bonds is 7. The van der Waals surface area contributed by atoms with Crippen molar-refractivity contribution in [1.82, 2.24) is 10.3 Å². The summed E-state index contributed by atoms with van der Waals surface area (Å²) in [4.78, 5) is 25.0. The molecule has 0 aliphatic carbocycles. The van der Waals surface area contributed by atoms with Crippen LogP contribution >= 0.6 is 0 Å². The number of benzene rings is 1. The van der Waals surface area contributed by atoms with Crippen LogP contribution < -0.4 is 5.32 Å². The largest absolute Gasteiger partial charge is 0.481 e. The van der Waals surface area contributed by atoms with Crippen molar-refractivity contribution in [1.29, 1.82) is 0 Å². The third-order valence-electron chi connectivity index (χ3n) is 3.19. The van der Waals surface area contributed by atoms with Gasteiger partial charge >= 0.3 is 5.97 Å². The average molecular weight is 274 g/mol. The number of aromatic nitrogens is 1. The highest BCUT2D eigenvalue weighted by Gasteiger charge is 2.05. The smallest absolute Gasteiger partial charge is 0.303 e. The highest BCUT2D eigenvalue weighted by Crippen LogP contribution is 2.17. The predicted molar refractivity (Wildman–Crippen MR) is 76.5 cm³/mol. The SMILES string of the molecule is O=C(O)CCCC(=O)NCCc1c[nH]c2ccccc12. The number of aliphatic carboxylic acids is 1. The van der Waals surface area contributed by atoms with Crippen LogP contribution in [0.25, 0.3) is 10.9 Å². The molecule has 3 N–H and O–H groups in total. The van der Waals surface area contributed by atoms with Gasteiger partial charge in [-0.2, -0.15) is 0 Å². The quantitative estimate of drug-likeness (QED) is 0.723. The van der Waals surface area contributed by atoms with Crippen LogP contribution in [-0.2, 0) is 16.0 Å². The lowest BCUT2D eigenvalue weighted by molar-refractivity contribution is -0.137. The number of aromatic amines is 1. The molecule has 5 nitrogen and oxygen atoms in total. The lowest BCUT2D eigenvalue weighted by atomic mass is 10.1. The van der Waals surface area contributed by atoms with E-state index in [1.54, 1.807) is 0 Å². The van der Waals surface area contributed by atoms with Gasteiger partial charge in [0.05, 0.1) is 0 Å².